The Morgan fingerprint density at radius 3 is 1.66 bits per heavy atom. The number of benzene rings is 2. The van der Waals surface area contributed by atoms with Crippen LogP contribution < -0.4 is 30.7 Å². The predicted octanol–water partition coefficient (Wildman–Crippen LogP) is 10.9. The molecule has 1 heterocycles. The molecule has 1 aliphatic rings. The van der Waals surface area contributed by atoms with E-state index in [2.05, 4.69) is 35.1 Å². The molecule has 22 heteroatoms. The van der Waals surface area contributed by atoms with Gasteiger partial charge in [0.15, 0.2) is 0 Å². The second kappa shape index (κ2) is 35.8. The lowest BCUT2D eigenvalue weighted by molar-refractivity contribution is -0.142. The first-order chi connectivity index (χ1) is 38.6. The third-order valence-electron chi connectivity index (χ3n) is 11.5. The monoisotopic (exact) mass is 1170 g/mol. The second-order valence-electron chi connectivity index (χ2n) is 23.8. The number of nitrogens with one attached hydrogen (secondary N) is 4. The van der Waals surface area contributed by atoms with Crippen molar-refractivity contribution in [2.45, 2.75) is 222 Å². The summed E-state index contributed by atoms with van der Waals surface area (Å²) < 4.78 is 32.8. The molecule has 2 atom stereocenters. The smallest absolute Gasteiger partial charge is 0.480 e. The summed E-state index contributed by atoms with van der Waals surface area (Å²) in [7, 11) is 1.30. The fourth-order valence-corrected chi connectivity index (χ4v) is 7.74. The summed E-state index contributed by atoms with van der Waals surface area (Å²) in [5.74, 6) is -4.67. The van der Waals surface area contributed by atoms with Crippen LogP contribution in [-0.2, 0) is 49.3 Å². The van der Waals surface area contributed by atoms with Gasteiger partial charge >= 0.3 is 30.5 Å². The number of unbranched alkanes of at least 4 members (excludes halogenated alkanes) is 8. The first kappa shape index (κ1) is 73.9. The number of rotatable bonds is 21. The summed E-state index contributed by atoms with van der Waals surface area (Å²) in [6.07, 6.45) is 7.08. The maximum absolute atomic E-state index is 14.2. The quantitative estimate of drug-likeness (QED) is 0.0336. The minimum absolute atomic E-state index is 0.0262. The lowest BCUT2D eigenvalue weighted by Gasteiger charge is -2.29. The summed E-state index contributed by atoms with van der Waals surface area (Å²) >= 11 is 0. The molecule has 22 nitrogen and oxygen atoms in total. The normalized spacial score (nSPS) is 14.4. The Morgan fingerprint density at radius 1 is 0.639 bits per heavy atom. The molecule has 2 unspecified atom stereocenters. The number of carboxylic acid groups (broad SMARTS) is 1. The molecule has 83 heavy (non-hydrogen) atoms. The summed E-state index contributed by atoms with van der Waals surface area (Å²) in [5, 5.41) is 20.2. The summed E-state index contributed by atoms with van der Waals surface area (Å²) in [6.45, 7) is 28.7. The number of carboxylic acids is 1. The van der Waals surface area contributed by atoms with Crippen molar-refractivity contribution in [2.24, 2.45) is 0 Å². The first-order valence-electron chi connectivity index (χ1n) is 29.0. The zero-order chi connectivity index (χ0) is 63.3. The van der Waals surface area contributed by atoms with Gasteiger partial charge in [0.05, 0.1) is 13.1 Å². The molecule has 3 rings (SSSR count). The van der Waals surface area contributed by atoms with Gasteiger partial charge in [-0.3, -0.25) is 19.2 Å². The molecular formula is C61H98N6O16. The zero-order valence-electron chi connectivity index (χ0n) is 52.6. The van der Waals surface area contributed by atoms with Crippen LogP contribution in [0.15, 0.2) is 36.4 Å². The van der Waals surface area contributed by atoms with Crippen molar-refractivity contribution >= 4 is 54.1 Å². The maximum atomic E-state index is 14.2. The molecule has 0 aromatic heterocycles. The number of aliphatic carboxylic acids is 1. The Balaban J connectivity index is 0.00000217. The van der Waals surface area contributed by atoms with Gasteiger partial charge in [-0.05, 0) is 131 Å². The van der Waals surface area contributed by atoms with E-state index in [0.29, 0.717) is 18.7 Å². The van der Waals surface area contributed by atoms with Crippen LogP contribution in [-0.4, -0.2) is 137 Å². The van der Waals surface area contributed by atoms with Crippen molar-refractivity contribution in [3.05, 3.63) is 47.5 Å². The van der Waals surface area contributed by atoms with Gasteiger partial charge in [0.1, 0.15) is 46.0 Å². The van der Waals surface area contributed by atoms with Crippen LogP contribution in [0.5, 0.6) is 11.5 Å². The van der Waals surface area contributed by atoms with Gasteiger partial charge in [0.25, 0.3) is 0 Å². The highest BCUT2D eigenvalue weighted by atomic mass is 16.7. The highest BCUT2D eigenvalue weighted by molar-refractivity contribution is 5.94. The van der Waals surface area contributed by atoms with Gasteiger partial charge in [-0.15, -0.1) is 0 Å². The first-order valence-corrected chi connectivity index (χ1v) is 29.0. The van der Waals surface area contributed by atoms with Crippen molar-refractivity contribution in [2.75, 3.05) is 39.8 Å². The number of fused-ring (bicyclic) bond motifs is 5. The van der Waals surface area contributed by atoms with Crippen LogP contribution in [0.25, 0.3) is 11.1 Å². The molecule has 468 valence electrons. The van der Waals surface area contributed by atoms with E-state index in [0.717, 1.165) is 49.8 Å². The fourth-order valence-electron chi connectivity index (χ4n) is 7.74. The van der Waals surface area contributed by atoms with E-state index in [-0.39, 0.29) is 53.7 Å². The average molecular weight is 1170 g/mol. The van der Waals surface area contributed by atoms with Crippen LogP contribution in [0, 0.1) is 0 Å². The van der Waals surface area contributed by atoms with Gasteiger partial charge in [0, 0.05) is 50.7 Å². The largest absolute Gasteiger partial charge is 0.514 e. The number of carbonyl (C=O) groups is 9. The molecule has 2 aromatic rings. The van der Waals surface area contributed by atoms with E-state index in [1.165, 1.54) is 67.6 Å². The summed E-state index contributed by atoms with van der Waals surface area (Å²) in [4.78, 5) is 120. The van der Waals surface area contributed by atoms with Crippen molar-refractivity contribution < 1.29 is 76.7 Å². The Hall–Kier alpha value is -7.13. The van der Waals surface area contributed by atoms with E-state index in [4.69, 9.17) is 28.4 Å². The van der Waals surface area contributed by atoms with Crippen LogP contribution in [0.2, 0.25) is 0 Å². The Morgan fingerprint density at radius 2 is 1.14 bits per heavy atom. The average Bonchev–Trinajstić information content (AvgIpc) is 3.45. The molecular weight excluding hydrogens is 1070 g/mol. The molecule has 0 saturated carbocycles. The SMILES string of the molecule is CC.CCCCCCCCCCN(CCC(=O)NCC(=O)N(C)C1C(=O)NCC(=O)NC(C(=O)O)Cc2ccc(OC(=O)OC(C)(C)C)c(c2)-c2cc1ccc2OC(=O)OC(C)(C)C)C(=O)OC(C)(C)C.CCCCNC(=O)OC(C)(C)C. The van der Waals surface area contributed by atoms with Crippen molar-refractivity contribution in [3.8, 4) is 22.6 Å². The van der Waals surface area contributed by atoms with E-state index in [1.807, 2.05) is 34.6 Å². The molecule has 1 aliphatic heterocycles. The molecule has 0 fully saturated rings. The maximum Gasteiger partial charge on any atom is 0.514 e. The van der Waals surface area contributed by atoms with E-state index in [1.54, 1.807) is 62.3 Å². The second-order valence-corrected chi connectivity index (χ2v) is 23.8. The van der Waals surface area contributed by atoms with Gasteiger partial charge in [0.2, 0.25) is 23.6 Å². The van der Waals surface area contributed by atoms with Crippen LogP contribution in [0.4, 0.5) is 19.2 Å². The van der Waals surface area contributed by atoms with E-state index >= 15 is 0 Å². The Bertz CT molecular complexity index is 2440. The number of hydrogen-bond acceptors (Lipinski definition) is 15. The van der Waals surface area contributed by atoms with Crippen molar-refractivity contribution in [1.29, 1.82) is 0 Å². The standard InChI is InChI=1S/C50H73N5O14.C9H19NO2.C2H6/c1-12-13-14-15-16-17-18-19-25-55(45(62)67-48(2,3)4)26-24-39(56)51-31-41(58)54(11)42-33-21-23-38(66-47(64)69-50(8,9)10)35(29-33)34-27-32(20-22-37(34)65-46(63)68-49(5,6)7)28-36(44(60)61)53-40(57)30-52-43(42)59;1-5-6-7-10-8(11)12-9(2,3)4;1-2/h20-23,27,29,36,42H,12-19,24-26,28,30-31H2,1-11H3,(H,51,56)(H,52,59)(H,53,57)(H,60,61);5-7H2,1-4H3,(H,10,11);1-2H3. The van der Waals surface area contributed by atoms with Crippen molar-refractivity contribution in [1.82, 2.24) is 31.1 Å². The lowest BCUT2D eigenvalue weighted by atomic mass is 9.94. The number of amides is 6. The molecule has 0 saturated heterocycles. The van der Waals surface area contributed by atoms with Gasteiger partial charge < -0.3 is 64.6 Å². The number of nitrogens with zero attached hydrogens (tertiary/aromatic N) is 2. The number of carbonyl (C=O) groups excluding carboxylic acids is 8. The van der Waals surface area contributed by atoms with E-state index < -0.39 is 95.6 Å². The summed E-state index contributed by atoms with van der Waals surface area (Å²) in [6, 6.07) is 5.45. The number of likely N-dealkylation sites (N-methyl/N-ethyl adjacent to an activating group) is 1. The number of ether oxygens (including phenoxy) is 6. The number of alkyl carbamates (subject to hydrolysis) is 1. The molecule has 4 bridgehead atoms. The topological polar surface area (TPSA) is 284 Å². The van der Waals surface area contributed by atoms with E-state index in [9.17, 15) is 48.3 Å². The molecule has 6 amide bonds. The van der Waals surface area contributed by atoms with Gasteiger partial charge in [-0.25, -0.2) is 24.0 Å². The Labute approximate surface area is 492 Å². The van der Waals surface area contributed by atoms with Crippen LogP contribution in [0.1, 0.15) is 199 Å². The Kier molecular flexibility index (Phi) is 31.8. The van der Waals surface area contributed by atoms with Gasteiger partial charge in [-0.2, -0.15) is 0 Å². The number of hydrogen-bond donors (Lipinski definition) is 5. The fraction of sp³-hybridized carbons (Fsp3) is 0.656. The molecule has 0 spiro atoms. The summed E-state index contributed by atoms with van der Waals surface area (Å²) in [5.41, 5.74) is -2.53. The zero-order valence-corrected chi connectivity index (χ0v) is 52.6. The highest BCUT2D eigenvalue weighted by Gasteiger charge is 2.33. The van der Waals surface area contributed by atoms with Gasteiger partial charge in [-0.1, -0.05) is 91.2 Å². The highest BCUT2D eigenvalue weighted by Crippen LogP contribution is 2.41. The third kappa shape index (κ3) is 31.2. The molecule has 0 radical (unpaired) electrons. The molecule has 5 N–H and O–H groups in total. The minimum Gasteiger partial charge on any atom is -0.480 e. The molecule has 0 aliphatic carbocycles. The third-order valence-corrected chi connectivity index (χ3v) is 11.5. The predicted molar refractivity (Wildman–Crippen MR) is 316 cm³/mol. The molecule has 2 aromatic carbocycles. The minimum atomic E-state index is -1.53. The van der Waals surface area contributed by atoms with Crippen LogP contribution >= 0.6 is 0 Å². The van der Waals surface area contributed by atoms with Crippen molar-refractivity contribution in [3.63, 3.8) is 0 Å². The lowest BCUT2D eigenvalue weighted by Crippen LogP contribution is -2.49. The van der Waals surface area contributed by atoms with Crippen LogP contribution in [0.3, 0.4) is 0 Å².